The summed E-state index contributed by atoms with van der Waals surface area (Å²) in [6.07, 6.45) is 3.23. The Morgan fingerprint density at radius 3 is 2.41 bits per heavy atom. The van der Waals surface area contributed by atoms with E-state index in [0.29, 0.717) is 11.6 Å². The van der Waals surface area contributed by atoms with E-state index >= 15 is 0 Å². The van der Waals surface area contributed by atoms with Crippen molar-refractivity contribution < 1.29 is 4.74 Å². The predicted molar refractivity (Wildman–Crippen MR) is 66.4 cm³/mol. The van der Waals surface area contributed by atoms with Crippen LogP contribution in [0.1, 0.15) is 25.6 Å². The van der Waals surface area contributed by atoms with Crippen molar-refractivity contribution in [1.29, 1.82) is 0 Å². The molecule has 6 heteroatoms. The van der Waals surface area contributed by atoms with E-state index < -0.39 is 0 Å². The molecule has 1 unspecified atom stereocenters. The molecule has 0 fully saturated rings. The molecule has 1 atom stereocenters. The SMILES string of the molecule is COc1nccnc1C(NN)C(C)(C)N(C)C. The quantitative estimate of drug-likeness (QED) is 0.569. The van der Waals surface area contributed by atoms with Crippen molar-refractivity contribution in [3.05, 3.63) is 18.1 Å². The molecule has 17 heavy (non-hydrogen) atoms. The Labute approximate surface area is 102 Å². The summed E-state index contributed by atoms with van der Waals surface area (Å²) in [7, 11) is 5.56. The van der Waals surface area contributed by atoms with Crippen molar-refractivity contribution in [2.45, 2.75) is 25.4 Å². The van der Waals surface area contributed by atoms with Gasteiger partial charge in [-0.3, -0.25) is 10.8 Å². The summed E-state index contributed by atoms with van der Waals surface area (Å²) in [6, 6.07) is -0.179. The van der Waals surface area contributed by atoms with Crippen LogP contribution in [0.4, 0.5) is 0 Å². The second-order valence-corrected chi connectivity index (χ2v) is 4.60. The van der Waals surface area contributed by atoms with Crippen molar-refractivity contribution in [3.63, 3.8) is 0 Å². The maximum Gasteiger partial charge on any atom is 0.237 e. The topological polar surface area (TPSA) is 76.3 Å². The van der Waals surface area contributed by atoms with E-state index in [4.69, 9.17) is 10.6 Å². The number of nitrogens with zero attached hydrogens (tertiary/aromatic N) is 3. The van der Waals surface area contributed by atoms with Gasteiger partial charge in [-0.1, -0.05) is 0 Å². The highest BCUT2D eigenvalue weighted by atomic mass is 16.5. The van der Waals surface area contributed by atoms with Gasteiger partial charge in [-0.25, -0.2) is 10.4 Å². The Morgan fingerprint density at radius 1 is 1.35 bits per heavy atom. The molecule has 0 aliphatic carbocycles. The van der Waals surface area contributed by atoms with Crippen LogP contribution in [0.15, 0.2) is 12.4 Å². The second-order valence-electron chi connectivity index (χ2n) is 4.60. The number of hydrogen-bond acceptors (Lipinski definition) is 6. The standard InChI is InChI=1S/C11H21N5O/c1-11(2,16(3)4)9(15-12)8-10(17-5)14-7-6-13-8/h6-7,9,15H,12H2,1-5H3. The Kier molecular flexibility index (Phi) is 4.39. The van der Waals surface area contributed by atoms with Gasteiger partial charge in [0.2, 0.25) is 5.88 Å². The summed E-state index contributed by atoms with van der Waals surface area (Å²) in [4.78, 5) is 10.5. The molecule has 0 bridgehead atoms. The molecule has 1 aromatic rings. The maximum atomic E-state index is 5.65. The minimum absolute atomic E-state index is 0.179. The molecule has 6 nitrogen and oxygen atoms in total. The summed E-state index contributed by atoms with van der Waals surface area (Å²) in [5.41, 5.74) is 3.27. The first-order valence-electron chi connectivity index (χ1n) is 5.43. The lowest BCUT2D eigenvalue weighted by Gasteiger charge is -2.39. The summed E-state index contributed by atoms with van der Waals surface area (Å²) in [5.74, 6) is 6.14. The van der Waals surface area contributed by atoms with Gasteiger partial charge < -0.3 is 9.64 Å². The van der Waals surface area contributed by atoms with Crippen LogP contribution < -0.4 is 16.0 Å². The normalized spacial score (nSPS) is 13.8. The molecule has 3 N–H and O–H groups in total. The van der Waals surface area contributed by atoms with E-state index in [1.807, 2.05) is 14.1 Å². The largest absolute Gasteiger partial charge is 0.480 e. The van der Waals surface area contributed by atoms with Crippen LogP contribution in [-0.4, -0.2) is 41.6 Å². The van der Waals surface area contributed by atoms with Gasteiger partial charge >= 0.3 is 0 Å². The van der Waals surface area contributed by atoms with E-state index in [9.17, 15) is 0 Å². The first kappa shape index (κ1) is 13.8. The molecular weight excluding hydrogens is 218 g/mol. The third-order valence-corrected chi connectivity index (χ3v) is 3.18. The fourth-order valence-corrected chi connectivity index (χ4v) is 1.57. The van der Waals surface area contributed by atoms with Gasteiger partial charge in [-0.15, -0.1) is 0 Å². The number of methoxy groups -OCH3 is 1. The van der Waals surface area contributed by atoms with Crippen molar-refractivity contribution in [2.75, 3.05) is 21.2 Å². The number of nitrogens with one attached hydrogen (secondary N) is 1. The monoisotopic (exact) mass is 239 g/mol. The number of likely N-dealkylation sites (N-methyl/N-ethyl adjacent to an activating group) is 1. The summed E-state index contributed by atoms with van der Waals surface area (Å²) in [5, 5.41) is 0. The molecule has 1 rings (SSSR count). The zero-order valence-corrected chi connectivity index (χ0v) is 11.1. The fourth-order valence-electron chi connectivity index (χ4n) is 1.57. The Bertz CT molecular complexity index is 367. The van der Waals surface area contributed by atoms with Gasteiger partial charge in [0, 0.05) is 17.9 Å². The number of hydrogen-bond donors (Lipinski definition) is 2. The minimum Gasteiger partial charge on any atom is -0.480 e. The molecule has 0 radical (unpaired) electrons. The van der Waals surface area contributed by atoms with Crippen molar-refractivity contribution in [2.24, 2.45) is 5.84 Å². The zero-order chi connectivity index (χ0) is 13.1. The third-order valence-electron chi connectivity index (χ3n) is 3.18. The van der Waals surface area contributed by atoms with Crippen molar-refractivity contribution in [1.82, 2.24) is 20.3 Å². The van der Waals surface area contributed by atoms with Gasteiger partial charge in [0.05, 0.1) is 13.2 Å². The van der Waals surface area contributed by atoms with Crippen LogP contribution in [0, 0.1) is 0 Å². The summed E-state index contributed by atoms with van der Waals surface area (Å²) >= 11 is 0. The summed E-state index contributed by atoms with van der Waals surface area (Å²) < 4.78 is 5.22. The molecule has 0 saturated carbocycles. The number of aromatic nitrogens is 2. The zero-order valence-electron chi connectivity index (χ0n) is 11.1. The molecule has 0 saturated heterocycles. The highest BCUT2D eigenvalue weighted by molar-refractivity contribution is 5.24. The molecular formula is C11H21N5O. The number of nitrogens with two attached hydrogens (primary N) is 1. The maximum absolute atomic E-state index is 5.65. The second kappa shape index (κ2) is 5.39. The van der Waals surface area contributed by atoms with Crippen LogP contribution in [0.5, 0.6) is 5.88 Å². The van der Waals surface area contributed by atoms with Gasteiger partial charge in [0.25, 0.3) is 0 Å². The van der Waals surface area contributed by atoms with Crippen LogP contribution >= 0.6 is 0 Å². The molecule has 1 aromatic heterocycles. The molecule has 96 valence electrons. The molecule has 0 aliphatic heterocycles. The number of rotatable bonds is 5. The Hall–Kier alpha value is -1.24. The van der Waals surface area contributed by atoms with Gasteiger partial charge in [-0.2, -0.15) is 0 Å². The fraction of sp³-hybridized carbons (Fsp3) is 0.636. The van der Waals surface area contributed by atoms with Gasteiger partial charge in [-0.05, 0) is 27.9 Å². The highest BCUT2D eigenvalue weighted by Crippen LogP contribution is 2.31. The molecule has 0 spiro atoms. The smallest absolute Gasteiger partial charge is 0.237 e. The van der Waals surface area contributed by atoms with Crippen LogP contribution in [0.2, 0.25) is 0 Å². The van der Waals surface area contributed by atoms with Crippen molar-refractivity contribution in [3.8, 4) is 5.88 Å². The van der Waals surface area contributed by atoms with Crippen LogP contribution in [0.3, 0.4) is 0 Å². The Morgan fingerprint density at radius 2 is 1.94 bits per heavy atom. The highest BCUT2D eigenvalue weighted by Gasteiger charge is 2.35. The summed E-state index contributed by atoms with van der Waals surface area (Å²) in [6.45, 7) is 4.15. The Balaban J connectivity index is 3.18. The average molecular weight is 239 g/mol. The number of hydrazine groups is 1. The van der Waals surface area contributed by atoms with E-state index in [1.165, 1.54) is 0 Å². The van der Waals surface area contributed by atoms with Crippen molar-refractivity contribution >= 4 is 0 Å². The minimum atomic E-state index is -0.224. The third kappa shape index (κ3) is 2.71. The van der Waals surface area contributed by atoms with Gasteiger partial charge in [0.1, 0.15) is 5.69 Å². The molecule has 0 aliphatic rings. The van der Waals surface area contributed by atoms with Gasteiger partial charge in [0.15, 0.2) is 0 Å². The van der Waals surface area contributed by atoms with E-state index in [1.54, 1.807) is 19.5 Å². The molecule has 1 heterocycles. The molecule has 0 amide bonds. The number of ether oxygens (including phenoxy) is 1. The first-order chi connectivity index (χ1) is 7.95. The van der Waals surface area contributed by atoms with E-state index in [0.717, 1.165) is 0 Å². The van der Waals surface area contributed by atoms with Crippen LogP contribution in [-0.2, 0) is 0 Å². The molecule has 0 aromatic carbocycles. The lowest BCUT2D eigenvalue weighted by Crippen LogP contribution is -2.51. The lowest BCUT2D eigenvalue weighted by molar-refractivity contribution is 0.133. The average Bonchev–Trinajstić information content (AvgIpc) is 2.30. The predicted octanol–water partition coefficient (Wildman–Crippen LogP) is 0.330. The first-order valence-corrected chi connectivity index (χ1v) is 5.43. The van der Waals surface area contributed by atoms with Crippen LogP contribution in [0.25, 0.3) is 0 Å². The van der Waals surface area contributed by atoms with E-state index in [2.05, 4.69) is 34.1 Å². The van der Waals surface area contributed by atoms with E-state index in [-0.39, 0.29) is 11.6 Å². The lowest BCUT2D eigenvalue weighted by atomic mass is 9.91.